The lowest BCUT2D eigenvalue weighted by Gasteiger charge is -2.58. The van der Waals surface area contributed by atoms with Crippen LogP contribution in [-0.2, 0) is 9.47 Å². The van der Waals surface area contributed by atoms with Crippen LogP contribution in [0.3, 0.4) is 0 Å². The smallest absolute Gasteiger partial charge is 0.176 e. The van der Waals surface area contributed by atoms with E-state index < -0.39 is 11.9 Å². The fraction of sp³-hybridized carbons (Fsp3) is 0.905. The van der Waals surface area contributed by atoms with Gasteiger partial charge in [-0.15, -0.1) is 0 Å². The van der Waals surface area contributed by atoms with Gasteiger partial charge in [-0.05, 0) is 61.7 Å². The van der Waals surface area contributed by atoms with Crippen LogP contribution in [0, 0.1) is 28.6 Å². The Morgan fingerprint density at radius 1 is 1.00 bits per heavy atom. The average Bonchev–Trinajstić information content (AvgIpc) is 3.18. The van der Waals surface area contributed by atoms with Gasteiger partial charge in [0.1, 0.15) is 0 Å². The molecule has 1 aliphatic heterocycles. The Bertz CT molecular complexity index is 595. The summed E-state index contributed by atoms with van der Waals surface area (Å²) in [7, 11) is 0. The van der Waals surface area contributed by atoms with Gasteiger partial charge in [0.25, 0.3) is 0 Å². The summed E-state index contributed by atoms with van der Waals surface area (Å²) in [5.41, 5.74) is 1.30. The van der Waals surface area contributed by atoms with Crippen LogP contribution >= 0.6 is 0 Å². The van der Waals surface area contributed by atoms with Crippen molar-refractivity contribution in [3.8, 4) is 0 Å². The monoisotopic (exact) mass is 348 g/mol. The van der Waals surface area contributed by atoms with Crippen molar-refractivity contribution in [3.05, 3.63) is 11.6 Å². The lowest BCUT2D eigenvalue weighted by atomic mass is 9.48. The van der Waals surface area contributed by atoms with Crippen molar-refractivity contribution in [2.45, 2.75) is 76.8 Å². The predicted molar refractivity (Wildman–Crippen MR) is 93.7 cm³/mol. The molecule has 0 aromatic heterocycles. The zero-order valence-electron chi connectivity index (χ0n) is 15.5. The zero-order valence-corrected chi connectivity index (χ0v) is 15.5. The predicted octanol–water partition coefficient (Wildman–Crippen LogP) is 3.02. The Labute approximate surface area is 150 Å². The molecular weight excluding hydrogens is 316 g/mol. The maximum atomic E-state index is 11.3. The van der Waals surface area contributed by atoms with Crippen molar-refractivity contribution in [2.24, 2.45) is 28.6 Å². The molecule has 0 amide bonds. The van der Waals surface area contributed by atoms with Gasteiger partial charge in [-0.3, -0.25) is 0 Å². The van der Waals surface area contributed by atoms with Crippen LogP contribution in [0.1, 0.15) is 58.8 Å². The van der Waals surface area contributed by atoms with Crippen LogP contribution in [0.5, 0.6) is 0 Å². The number of aliphatic hydroxyl groups is 2. The number of rotatable bonds is 0. The van der Waals surface area contributed by atoms with Gasteiger partial charge in [-0.1, -0.05) is 25.5 Å². The highest BCUT2D eigenvalue weighted by Crippen LogP contribution is 2.67. The van der Waals surface area contributed by atoms with E-state index in [9.17, 15) is 10.2 Å². The van der Waals surface area contributed by atoms with Crippen LogP contribution in [0.2, 0.25) is 0 Å². The maximum Gasteiger partial charge on any atom is 0.176 e. The molecule has 5 rings (SSSR count). The number of allylic oxidation sites excluding steroid dienone is 1. The fourth-order valence-corrected chi connectivity index (χ4v) is 7.40. The van der Waals surface area contributed by atoms with E-state index in [2.05, 4.69) is 19.9 Å². The lowest BCUT2D eigenvalue weighted by Crippen LogP contribution is -2.58. The molecule has 7 atom stereocenters. The molecular formula is C21H32O4. The SMILES string of the molecule is C[C@]12CC[C@H](O)C[C@H]1CCC1C2=C[C@H](O)[C@@]2(C)C1CCC21OCCO1. The molecule has 2 unspecified atom stereocenters. The number of fused-ring (bicyclic) bond motifs is 6. The normalized spacial score (nSPS) is 53.9. The van der Waals surface area contributed by atoms with Gasteiger partial charge < -0.3 is 19.7 Å². The Morgan fingerprint density at radius 2 is 1.76 bits per heavy atom. The van der Waals surface area contributed by atoms with Crippen molar-refractivity contribution in [1.29, 1.82) is 0 Å². The molecule has 3 saturated carbocycles. The first-order valence-electron chi connectivity index (χ1n) is 10.3. The summed E-state index contributed by atoms with van der Waals surface area (Å²) in [6, 6.07) is 0. The molecule has 0 bridgehead atoms. The quantitative estimate of drug-likeness (QED) is 0.661. The molecule has 25 heavy (non-hydrogen) atoms. The highest BCUT2D eigenvalue weighted by Gasteiger charge is 2.68. The Morgan fingerprint density at radius 3 is 2.52 bits per heavy atom. The van der Waals surface area contributed by atoms with Gasteiger partial charge in [0.2, 0.25) is 0 Å². The molecule has 4 heteroatoms. The third kappa shape index (κ3) is 1.97. The van der Waals surface area contributed by atoms with Crippen molar-refractivity contribution in [3.63, 3.8) is 0 Å². The highest BCUT2D eigenvalue weighted by atomic mass is 16.7. The highest BCUT2D eigenvalue weighted by molar-refractivity contribution is 5.32. The number of hydrogen-bond donors (Lipinski definition) is 2. The molecule has 5 aliphatic rings. The van der Waals surface area contributed by atoms with Crippen molar-refractivity contribution >= 4 is 0 Å². The topological polar surface area (TPSA) is 58.9 Å². The summed E-state index contributed by atoms with van der Waals surface area (Å²) >= 11 is 0. The maximum absolute atomic E-state index is 11.3. The van der Waals surface area contributed by atoms with Crippen LogP contribution in [0.25, 0.3) is 0 Å². The third-order valence-corrected chi connectivity index (χ3v) is 8.91. The summed E-state index contributed by atoms with van der Waals surface area (Å²) in [6.45, 7) is 5.89. The first kappa shape index (κ1) is 16.7. The summed E-state index contributed by atoms with van der Waals surface area (Å²) in [5.74, 6) is 0.951. The largest absolute Gasteiger partial charge is 0.393 e. The van der Waals surface area contributed by atoms with Crippen molar-refractivity contribution in [2.75, 3.05) is 13.2 Å². The molecule has 2 N–H and O–H groups in total. The van der Waals surface area contributed by atoms with E-state index in [0.29, 0.717) is 31.0 Å². The molecule has 1 saturated heterocycles. The first-order valence-corrected chi connectivity index (χ1v) is 10.3. The summed E-state index contributed by atoms with van der Waals surface area (Å²) < 4.78 is 12.3. The second-order valence-electron chi connectivity index (χ2n) is 9.67. The molecule has 4 fully saturated rings. The van der Waals surface area contributed by atoms with Crippen LogP contribution < -0.4 is 0 Å². The Kier molecular flexibility index (Phi) is 3.55. The van der Waals surface area contributed by atoms with Crippen LogP contribution in [0.15, 0.2) is 11.6 Å². The summed E-state index contributed by atoms with van der Waals surface area (Å²) in [5, 5.41) is 21.4. The third-order valence-electron chi connectivity index (χ3n) is 8.91. The summed E-state index contributed by atoms with van der Waals surface area (Å²) in [4.78, 5) is 0. The molecule has 0 radical (unpaired) electrons. The number of hydrogen-bond acceptors (Lipinski definition) is 4. The van der Waals surface area contributed by atoms with E-state index in [1.165, 1.54) is 18.4 Å². The van der Waals surface area contributed by atoms with Crippen LogP contribution in [0.4, 0.5) is 0 Å². The second-order valence-corrected chi connectivity index (χ2v) is 9.67. The van der Waals surface area contributed by atoms with Crippen LogP contribution in [-0.4, -0.2) is 41.4 Å². The minimum atomic E-state index is -0.584. The molecule has 0 aromatic carbocycles. The van der Waals surface area contributed by atoms with Gasteiger partial charge in [0.05, 0.1) is 30.8 Å². The molecule has 1 spiro atoms. The van der Waals surface area contributed by atoms with E-state index in [-0.39, 0.29) is 16.9 Å². The van der Waals surface area contributed by atoms with Gasteiger partial charge >= 0.3 is 0 Å². The molecule has 1 heterocycles. The van der Waals surface area contributed by atoms with E-state index in [1.807, 2.05) is 0 Å². The minimum Gasteiger partial charge on any atom is -0.393 e. The van der Waals surface area contributed by atoms with Gasteiger partial charge in [0, 0.05) is 6.42 Å². The zero-order chi connectivity index (χ0) is 17.4. The van der Waals surface area contributed by atoms with Gasteiger partial charge in [-0.25, -0.2) is 0 Å². The van der Waals surface area contributed by atoms with E-state index in [0.717, 1.165) is 32.1 Å². The average molecular weight is 348 g/mol. The van der Waals surface area contributed by atoms with Gasteiger partial charge in [-0.2, -0.15) is 0 Å². The number of ether oxygens (including phenoxy) is 2. The molecule has 4 nitrogen and oxygen atoms in total. The van der Waals surface area contributed by atoms with E-state index in [4.69, 9.17) is 9.47 Å². The Balaban J connectivity index is 1.56. The fourth-order valence-electron chi connectivity index (χ4n) is 7.40. The minimum absolute atomic E-state index is 0.135. The van der Waals surface area contributed by atoms with E-state index in [1.54, 1.807) is 0 Å². The molecule has 4 aliphatic carbocycles. The standard InChI is InChI=1S/C21H32O4/c1-19-7-5-14(22)11-13(19)3-4-15-16-6-8-21(24-9-10-25-21)20(16,2)18(23)12-17(15)19/h12-16,18,22-23H,3-11H2,1-2H3/t13-,14+,15?,16?,18+,19+,20-/m1/s1. The lowest BCUT2D eigenvalue weighted by molar-refractivity contribution is -0.252. The number of aliphatic hydroxyl groups excluding tert-OH is 2. The summed E-state index contributed by atoms with van der Waals surface area (Å²) in [6.07, 6.45) is 8.78. The van der Waals surface area contributed by atoms with Gasteiger partial charge in [0.15, 0.2) is 5.79 Å². The van der Waals surface area contributed by atoms with Crippen molar-refractivity contribution in [1.82, 2.24) is 0 Å². The van der Waals surface area contributed by atoms with Crippen molar-refractivity contribution < 1.29 is 19.7 Å². The Hall–Kier alpha value is -0.420. The molecule has 140 valence electrons. The molecule has 0 aromatic rings. The first-order chi connectivity index (χ1) is 11.9. The second kappa shape index (κ2) is 5.31. The van der Waals surface area contributed by atoms with E-state index >= 15 is 0 Å².